The van der Waals surface area contributed by atoms with Gasteiger partial charge in [-0.2, -0.15) is 0 Å². The lowest BCUT2D eigenvalue weighted by Gasteiger charge is -2.24. The molecule has 2 atom stereocenters. The topological polar surface area (TPSA) is 63.6 Å². The number of aliphatic carboxylic acids is 1. The minimum absolute atomic E-state index is 0.212. The molecule has 39 heavy (non-hydrogen) atoms. The molecule has 0 rings (SSSR count). The van der Waals surface area contributed by atoms with Crippen LogP contribution in [0.5, 0.6) is 0 Å². The van der Waals surface area contributed by atoms with E-state index < -0.39 is 17.8 Å². The predicted octanol–water partition coefficient (Wildman–Crippen LogP) is 11.2. The molecule has 0 heterocycles. The second-order valence-corrected chi connectivity index (χ2v) is 12.0. The SMILES string of the molecule is CCCCCCCC/C=C\CCCCCCC(C(=O)O)C(CCCCCCCCCCCC)C(=O)OC(C)C. The number of carboxylic acids is 1. The average molecular weight is 551 g/mol. The van der Waals surface area contributed by atoms with Crippen LogP contribution in [0.15, 0.2) is 12.2 Å². The zero-order valence-corrected chi connectivity index (χ0v) is 26.5. The number of carbonyl (C=O) groups excluding carboxylic acids is 1. The van der Waals surface area contributed by atoms with Gasteiger partial charge in [-0.05, 0) is 52.4 Å². The molecule has 0 aliphatic carbocycles. The molecule has 0 aliphatic heterocycles. The summed E-state index contributed by atoms with van der Waals surface area (Å²) in [5.74, 6) is -2.31. The first kappa shape index (κ1) is 37.7. The Kier molecular flexibility index (Phi) is 27.3. The Morgan fingerprint density at radius 3 is 1.31 bits per heavy atom. The van der Waals surface area contributed by atoms with Gasteiger partial charge < -0.3 is 9.84 Å². The Labute approximate surface area is 243 Å². The summed E-state index contributed by atoms with van der Waals surface area (Å²) in [7, 11) is 0. The standard InChI is InChI=1S/C35H66O4/c1-5-7-9-11-13-15-17-18-19-20-22-23-25-27-29-32(34(36)37)33(35(38)39-31(3)4)30-28-26-24-21-16-14-12-10-8-6-2/h18-19,31-33H,5-17,20-30H2,1-4H3,(H,36,37)/b19-18-. The second kappa shape index (κ2) is 28.2. The van der Waals surface area contributed by atoms with E-state index in [0.29, 0.717) is 12.8 Å². The van der Waals surface area contributed by atoms with E-state index in [9.17, 15) is 14.7 Å². The van der Waals surface area contributed by atoms with Crippen LogP contribution in [-0.4, -0.2) is 23.1 Å². The number of ether oxygens (including phenoxy) is 1. The molecule has 4 heteroatoms. The Balaban J connectivity index is 4.28. The Bertz CT molecular complexity index is 583. The smallest absolute Gasteiger partial charge is 0.310 e. The summed E-state index contributed by atoms with van der Waals surface area (Å²) < 4.78 is 5.50. The Morgan fingerprint density at radius 2 is 0.923 bits per heavy atom. The van der Waals surface area contributed by atoms with Gasteiger partial charge in [0.15, 0.2) is 0 Å². The van der Waals surface area contributed by atoms with Crippen molar-refractivity contribution in [3.63, 3.8) is 0 Å². The summed E-state index contributed by atoms with van der Waals surface area (Å²) in [5, 5.41) is 9.97. The van der Waals surface area contributed by atoms with E-state index in [2.05, 4.69) is 26.0 Å². The molecule has 0 aliphatic rings. The molecule has 0 aromatic carbocycles. The molecule has 230 valence electrons. The first-order chi connectivity index (χ1) is 18.9. The van der Waals surface area contributed by atoms with Crippen molar-refractivity contribution in [3.05, 3.63) is 12.2 Å². The van der Waals surface area contributed by atoms with Crippen molar-refractivity contribution in [1.82, 2.24) is 0 Å². The maximum atomic E-state index is 12.8. The van der Waals surface area contributed by atoms with Crippen molar-refractivity contribution < 1.29 is 19.4 Å². The summed E-state index contributed by atoms with van der Waals surface area (Å²) >= 11 is 0. The van der Waals surface area contributed by atoms with Crippen LogP contribution in [0.3, 0.4) is 0 Å². The van der Waals surface area contributed by atoms with E-state index in [1.54, 1.807) is 0 Å². The van der Waals surface area contributed by atoms with Gasteiger partial charge in [-0.1, -0.05) is 142 Å². The van der Waals surface area contributed by atoms with Gasteiger partial charge in [-0.15, -0.1) is 0 Å². The van der Waals surface area contributed by atoms with Crippen molar-refractivity contribution in [3.8, 4) is 0 Å². The van der Waals surface area contributed by atoms with Crippen LogP contribution >= 0.6 is 0 Å². The summed E-state index contributed by atoms with van der Waals surface area (Å²) in [6, 6.07) is 0. The number of unbranched alkanes of at least 4 members (excludes halogenated alkanes) is 19. The molecule has 1 N–H and O–H groups in total. The van der Waals surface area contributed by atoms with E-state index >= 15 is 0 Å². The minimum Gasteiger partial charge on any atom is -0.481 e. The Hall–Kier alpha value is -1.32. The third-order valence-corrected chi connectivity index (χ3v) is 7.85. The third kappa shape index (κ3) is 24.2. The number of hydrogen-bond donors (Lipinski definition) is 1. The maximum absolute atomic E-state index is 12.8. The number of rotatable bonds is 29. The van der Waals surface area contributed by atoms with E-state index in [1.165, 1.54) is 96.3 Å². The molecule has 2 unspecified atom stereocenters. The lowest BCUT2D eigenvalue weighted by molar-refractivity contribution is -0.161. The highest BCUT2D eigenvalue weighted by molar-refractivity contribution is 5.81. The fourth-order valence-corrected chi connectivity index (χ4v) is 5.41. The second-order valence-electron chi connectivity index (χ2n) is 12.0. The number of carboxylic acid groups (broad SMARTS) is 1. The zero-order valence-electron chi connectivity index (χ0n) is 26.5. The molecule has 0 spiro atoms. The van der Waals surface area contributed by atoms with Crippen molar-refractivity contribution in [2.45, 2.75) is 188 Å². The Morgan fingerprint density at radius 1 is 0.564 bits per heavy atom. The van der Waals surface area contributed by atoms with E-state index in [4.69, 9.17) is 4.74 Å². The van der Waals surface area contributed by atoms with Gasteiger partial charge in [0.2, 0.25) is 0 Å². The molecule has 0 amide bonds. The summed E-state index contributed by atoms with van der Waals surface area (Å²) in [4.78, 5) is 25.0. The molecule has 0 aromatic heterocycles. The van der Waals surface area contributed by atoms with Crippen LogP contribution in [0, 0.1) is 11.8 Å². The van der Waals surface area contributed by atoms with Crippen LogP contribution in [0.25, 0.3) is 0 Å². The van der Waals surface area contributed by atoms with Crippen molar-refractivity contribution in [2.75, 3.05) is 0 Å². The third-order valence-electron chi connectivity index (χ3n) is 7.85. The first-order valence-corrected chi connectivity index (χ1v) is 17.0. The van der Waals surface area contributed by atoms with Crippen molar-refractivity contribution in [2.24, 2.45) is 11.8 Å². The fraction of sp³-hybridized carbons (Fsp3) is 0.886. The van der Waals surface area contributed by atoms with Gasteiger partial charge in [-0.3, -0.25) is 9.59 Å². The van der Waals surface area contributed by atoms with Crippen molar-refractivity contribution >= 4 is 11.9 Å². The molecule has 4 nitrogen and oxygen atoms in total. The highest BCUT2D eigenvalue weighted by atomic mass is 16.5. The zero-order chi connectivity index (χ0) is 29.0. The summed E-state index contributed by atoms with van der Waals surface area (Å²) in [6.45, 7) is 8.19. The van der Waals surface area contributed by atoms with Crippen LogP contribution in [-0.2, 0) is 14.3 Å². The normalized spacial score (nSPS) is 13.3. The number of hydrogen-bond acceptors (Lipinski definition) is 3. The quantitative estimate of drug-likeness (QED) is 0.0571. The highest BCUT2D eigenvalue weighted by Crippen LogP contribution is 2.27. The molecular weight excluding hydrogens is 484 g/mol. The van der Waals surface area contributed by atoms with Gasteiger partial charge in [0.25, 0.3) is 0 Å². The van der Waals surface area contributed by atoms with E-state index in [1.807, 2.05) is 13.8 Å². The van der Waals surface area contributed by atoms with Crippen LogP contribution in [0.4, 0.5) is 0 Å². The summed E-state index contributed by atoms with van der Waals surface area (Å²) in [5.41, 5.74) is 0. The molecule has 0 saturated carbocycles. The van der Waals surface area contributed by atoms with Gasteiger partial charge in [0.1, 0.15) is 0 Å². The van der Waals surface area contributed by atoms with Gasteiger partial charge >= 0.3 is 11.9 Å². The van der Waals surface area contributed by atoms with Crippen LogP contribution in [0.1, 0.15) is 182 Å². The highest BCUT2D eigenvalue weighted by Gasteiger charge is 2.34. The summed E-state index contributed by atoms with van der Waals surface area (Å²) in [6.07, 6.45) is 32.5. The minimum atomic E-state index is -0.842. The van der Waals surface area contributed by atoms with Gasteiger partial charge in [-0.25, -0.2) is 0 Å². The van der Waals surface area contributed by atoms with Gasteiger partial charge in [0, 0.05) is 0 Å². The molecular formula is C35H66O4. The molecule has 0 fully saturated rings. The number of allylic oxidation sites excluding steroid dienone is 2. The average Bonchev–Trinajstić information content (AvgIpc) is 2.89. The van der Waals surface area contributed by atoms with E-state index in [0.717, 1.165) is 44.9 Å². The number of esters is 1. The molecule has 0 bridgehead atoms. The van der Waals surface area contributed by atoms with Crippen LogP contribution < -0.4 is 0 Å². The monoisotopic (exact) mass is 550 g/mol. The van der Waals surface area contributed by atoms with Gasteiger partial charge in [0.05, 0.1) is 17.9 Å². The lowest BCUT2D eigenvalue weighted by Crippen LogP contribution is -2.32. The maximum Gasteiger partial charge on any atom is 0.310 e. The van der Waals surface area contributed by atoms with E-state index in [-0.39, 0.29) is 12.1 Å². The van der Waals surface area contributed by atoms with Crippen LogP contribution in [0.2, 0.25) is 0 Å². The first-order valence-electron chi connectivity index (χ1n) is 17.0. The molecule has 0 saturated heterocycles. The fourth-order valence-electron chi connectivity index (χ4n) is 5.41. The molecule has 0 aromatic rings. The van der Waals surface area contributed by atoms with Crippen molar-refractivity contribution in [1.29, 1.82) is 0 Å². The predicted molar refractivity (Wildman–Crippen MR) is 167 cm³/mol. The molecule has 0 radical (unpaired) electrons. The largest absolute Gasteiger partial charge is 0.481 e. The lowest BCUT2D eigenvalue weighted by atomic mass is 9.83. The number of carbonyl (C=O) groups is 2.